The van der Waals surface area contributed by atoms with Gasteiger partial charge in [0.1, 0.15) is 5.60 Å². The minimum Gasteiger partial charge on any atom is -0.478 e. The number of carboxylic acid groups (broad SMARTS) is 1. The van der Waals surface area contributed by atoms with E-state index in [2.05, 4.69) is 5.32 Å². The second-order valence-corrected chi connectivity index (χ2v) is 5.78. The van der Waals surface area contributed by atoms with Crippen molar-refractivity contribution >= 4 is 17.7 Å². The molecule has 0 saturated carbocycles. The van der Waals surface area contributed by atoms with E-state index in [1.165, 1.54) is 0 Å². The highest BCUT2D eigenvalue weighted by atomic mass is 16.6. The van der Waals surface area contributed by atoms with Crippen LogP contribution in [0.2, 0.25) is 0 Å². The highest BCUT2D eigenvalue weighted by Crippen LogP contribution is 2.17. The minimum absolute atomic E-state index is 0.158. The number of carboxylic acids is 1. The Hall–Kier alpha value is -2.28. The van der Waals surface area contributed by atoms with Crippen LogP contribution < -0.4 is 16.8 Å². The highest BCUT2D eigenvalue weighted by molar-refractivity contribution is 5.84. The summed E-state index contributed by atoms with van der Waals surface area (Å²) in [6.45, 7) is 5.00. The van der Waals surface area contributed by atoms with Crippen LogP contribution >= 0.6 is 0 Å². The van der Waals surface area contributed by atoms with Crippen LogP contribution in [0.5, 0.6) is 0 Å². The van der Waals surface area contributed by atoms with E-state index < -0.39 is 23.3 Å². The van der Waals surface area contributed by atoms with Crippen molar-refractivity contribution in [1.82, 2.24) is 5.32 Å². The summed E-state index contributed by atoms with van der Waals surface area (Å²) in [5, 5.41) is 11.5. The van der Waals surface area contributed by atoms with Crippen molar-refractivity contribution in [2.75, 3.05) is 5.73 Å². The predicted molar refractivity (Wildman–Crippen MR) is 78.5 cm³/mol. The Bertz CT molecular complexity index is 539. The molecule has 1 unspecified atom stereocenters. The van der Waals surface area contributed by atoms with Gasteiger partial charge < -0.3 is 15.6 Å². The normalized spacial score (nSPS) is 14.1. The highest BCUT2D eigenvalue weighted by Gasteiger charge is 2.38. The number of aliphatic carboxylic acids is 1. The Morgan fingerprint density at radius 1 is 1.29 bits per heavy atom. The standard InChI is InChI=1S/C14H21N3O4/c1-13(2,3)21-12(20)17-14(16,11(18)19)8-9-6-4-5-7-10(9)15/h4-7H,8,15-16H2,1-3H3,(H,17,20)(H,18,19). The minimum atomic E-state index is -2.00. The Morgan fingerprint density at radius 3 is 2.33 bits per heavy atom. The Labute approximate surface area is 123 Å². The van der Waals surface area contributed by atoms with E-state index in [1.54, 1.807) is 45.0 Å². The molecule has 1 rings (SSSR count). The number of hydrogen-bond acceptors (Lipinski definition) is 5. The molecule has 1 aromatic rings. The van der Waals surface area contributed by atoms with Gasteiger partial charge in [-0.3, -0.25) is 11.1 Å². The van der Waals surface area contributed by atoms with Crippen LogP contribution in [0.3, 0.4) is 0 Å². The first-order valence-corrected chi connectivity index (χ1v) is 6.40. The molecule has 6 N–H and O–H groups in total. The van der Waals surface area contributed by atoms with E-state index in [-0.39, 0.29) is 6.42 Å². The maximum atomic E-state index is 11.7. The first kappa shape index (κ1) is 16.8. The lowest BCUT2D eigenvalue weighted by Crippen LogP contribution is -2.63. The van der Waals surface area contributed by atoms with Crippen molar-refractivity contribution in [2.24, 2.45) is 5.73 Å². The van der Waals surface area contributed by atoms with Crippen LogP contribution in [0.25, 0.3) is 0 Å². The van der Waals surface area contributed by atoms with Gasteiger partial charge >= 0.3 is 12.1 Å². The van der Waals surface area contributed by atoms with Crippen molar-refractivity contribution in [3.63, 3.8) is 0 Å². The summed E-state index contributed by atoms with van der Waals surface area (Å²) in [6, 6.07) is 6.71. The number of para-hydroxylation sites is 1. The second-order valence-electron chi connectivity index (χ2n) is 5.78. The monoisotopic (exact) mass is 295 g/mol. The van der Waals surface area contributed by atoms with Crippen LogP contribution in [0.1, 0.15) is 26.3 Å². The number of rotatable bonds is 4. The van der Waals surface area contributed by atoms with Gasteiger partial charge in [0.25, 0.3) is 0 Å². The third-order valence-corrected chi connectivity index (χ3v) is 2.63. The molecule has 7 nitrogen and oxygen atoms in total. The fraction of sp³-hybridized carbons (Fsp3) is 0.429. The Morgan fingerprint density at radius 2 is 1.86 bits per heavy atom. The molecule has 1 aromatic carbocycles. The number of anilines is 1. The Balaban J connectivity index is 2.92. The average Bonchev–Trinajstić information content (AvgIpc) is 2.29. The van der Waals surface area contributed by atoms with Crippen LogP contribution in [0, 0.1) is 0 Å². The molecule has 0 aromatic heterocycles. The SMILES string of the molecule is CC(C)(C)OC(=O)NC(N)(Cc1ccccc1N)C(=O)O. The van der Waals surface area contributed by atoms with E-state index in [4.69, 9.17) is 16.2 Å². The van der Waals surface area contributed by atoms with Crippen LogP contribution in [0.4, 0.5) is 10.5 Å². The van der Waals surface area contributed by atoms with E-state index in [1.807, 2.05) is 0 Å². The number of carbonyl (C=O) groups excluding carboxylic acids is 1. The molecule has 0 spiro atoms. The van der Waals surface area contributed by atoms with Crippen molar-refractivity contribution in [3.8, 4) is 0 Å². The fourth-order valence-electron chi connectivity index (χ4n) is 1.65. The summed E-state index contributed by atoms with van der Waals surface area (Å²) in [7, 11) is 0. The van der Waals surface area contributed by atoms with Crippen molar-refractivity contribution < 1.29 is 19.4 Å². The molecule has 21 heavy (non-hydrogen) atoms. The number of alkyl carbamates (subject to hydrolysis) is 1. The maximum Gasteiger partial charge on any atom is 0.409 e. The van der Waals surface area contributed by atoms with E-state index in [9.17, 15) is 14.7 Å². The largest absolute Gasteiger partial charge is 0.478 e. The maximum absolute atomic E-state index is 11.7. The quantitative estimate of drug-likeness (QED) is 0.486. The number of benzene rings is 1. The van der Waals surface area contributed by atoms with Crippen LogP contribution in [-0.4, -0.2) is 28.4 Å². The molecule has 0 aliphatic rings. The molecule has 0 fully saturated rings. The number of nitrogens with one attached hydrogen (secondary N) is 1. The number of amides is 1. The molecule has 1 atom stereocenters. The fourth-order valence-corrected chi connectivity index (χ4v) is 1.65. The smallest absolute Gasteiger partial charge is 0.409 e. The van der Waals surface area contributed by atoms with Crippen molar-refractivity contribution in [1.29, 1.82) is 0 Å². The number of nitrogens with two attached hydrogens (primary N) is 2. The van der Waals surface area contributed by atoms with Crippen molar-refractivity contribution in [3.05, 3.63) is 29.8 Å². The van der Waals surface area contributed by atoms with Gasteiger partial charge in [-0.1, -0.05) is 18.2 Å². The van der Waals surface area contributed by atoms with Gasteiger partial charge in [-0.15, -0.1) is 0 Å². The zero-order chi connectivity index (χ0) is 16.3. The molecule has 0 aliphatic heterocycles. The number of carbonyl (C=O) groups is 2. The van der Waals surface area contributed by atoms with E-state index in [0.29, 0.717) is 11.3 Å². The van der Waals surface area contributed by atoms with E-state index in [0.717, 1.165) is 0 Å². The van der Waals surface area contributed by atoms with Gasteiger partial charge in [-0.25, -0.2) is 9.59 Å². The number of nitrogen functional groups attached to an aromatic ring is 1. The summed E-state index contributed by atoms with van der Waals surface area (Å²) < 4.78 is 5.03. The summed E-state index contributed by atoms with van der Waals surface area (Å²) >= 11 is 0. The average molecular weight is 295 g/mol. The third kappa shape index (κ3) is 4.96. The lowest BCUT2D eigenvalue weighted by atomic mass is 9.99. The molecule has 7 heteroatoms. The molecule has 0 bridgehead atoms. The molecular weight excluding hydrogens is 274 g/mol. The summed E-state index contributed by atoms with van der Waals surface area (Å²) in [6.07, 6.45) is -1.06. The first-order valence-electron chi connectivity index (χ1n) is 6.40. The van der Waals surface area contributed by atoms with Crippen LogP contribution in [-0.2, 0) is 16.0 Å². The number of ether oxygens (including phenoxy) is 1. The lowest BCUT2D eigenvalue weighted by Gasteiger charge is -2.28. The van der Waals surface area contributed by atoms with Gasteiger partial charge in [0.2, 0.25) is 0 Å². The van der Waals surface area contributed by atoms with Gasteiger partial charge in [-0.2, -0.15) is 0 Å². The Kier molecular flexibility index (Phi) is 4.80. The van der Waals surface area contributed by atoms with Gasteiger partial charge in [0, 0.05) is 12.1 Å². The first-order chi connectivity index (χ1) is 9.53. The summed E-state index contributed by atoms with van der Waals surface area (Å²) in [4.78, 5) is 23.1. The summed E-state index contributed by atoms with van der Waals surface area (Å²) in [5.74, 6) is -1.38. The molecule has 116 valence electrons. The lowest BCUT2D eigenvalue weighted by molar-refractivity contribution is -0.144. The molecular formula is C14H21N3O4. The van der Waals surface area contributed by atoms with Gasteiger partial charge in [-0.05, 0) is 32.4 Å². The molecule has 1 amide bonds. The van der Waals surface area contributed by atoms with Gasteiger partial charge in [0.15, 0.2) is 5.66 Å². The summed E-state index contributed by atoms with van der Waals surface area (Å²) in [5.41, 5.74) is 9.73. The zero-order valence-corrected chi connectivity index (χ0v) is 12.3. The zero-order valence-electron chi connectivity index (χ0n) is 12.3. The number of hydrogen-bond donors (Lipinski definition) is 4. The van der Waals surface area contributed by atoms with E-state index >= 15 is 0 Å². The molecule has 0 radical (unpaired) electrons. The van der Waals surface area contributed by atoms with Crippen LogP contribution in [0.15, 0.2) is 24.3 Å². The molecule has 0 aliphatic carbocycles. The predicted octanol–water partition coefficient (Wildman–Crippen LogP) is 1.08. The van der Waals surface area contributed by atoms with Gasteiger partial charge in [0.05, 0.1) is 0 Å². The molecule has 0 heterocycles. The topological polar surface area (TPSA) is 128 Å². The van der Waals surface area contributed by atoms with Crippen molar-refractivity contribution in [2.45, 2.75) is 38.5 Å². The molecule has 0 saturated heterocycles. The second kappa shape index (κ2) is 6.01. The third-order valence-electron chi connectivity index (χ3n) is 2.63.